The maximum Gasteiger partial charge on any atom is 0.322 e. The molecule has 0 atom stereocenters. The summed E-state index contributed by atoms with van der Waals surface area (Å²) in [6.45, 7) is 2.32. The van der Waals surface area contributed by atoms with Crippen molar-refractivity contribution in [2.45, 2.75) is 25.9 Å². The predicted octanol–water partition coefficient (Wildman–Crippen LogP) is 8.23. The highest BCUT2D eigenvalue weighted by Crippen LogP contribution is 2.24. The summed E-state index contributed by atoms with van der Waals surface area (Å²) < 4.78 is 4.15. The number of halogens is 2. The number of amides is 4. The van der Waals surface area contributed by atoms with E-state index in [1.165, 1.54) is 0 Å². The number of para-hydroxylation sites is 2. The van der Waals surface area contributed by atoms with Gasteiger partial charge in [-0.05, 0) is 60.7 Å². The molecule has 2 aromatic heterocycles. The van der Waals surface area contributed by atoms with E-state index in [1.54, 1.807) is 34.1 Å². The molecule has 0 radical (unpaired) electrons. The van der Waals surface area contributed by atoms with Crippen LogP contribution in [0, 0.1) is 0 Å². The van der Waals surface area contributed by atoms with Crippen molar-refractivity contribution in [3.8, 4) is 11.4 Å². The molecular weight excluding hydrogens is 671 g/mol. The Labute approximate surface area is 299 Å². The quantitative estimate of drug-likeness (QED) is 0.193. The van der Waals surface area contributed by atoms with Crippen LogP contribution in [0.4, 0.5) is 21.0 Å². The van der Waals surface area contributed by atoms with Gasteiger partial charge in [0.15, 0.2) is 0 Å². The molecule has 0 spiro atoms. The van der Waals surface area contributed by atoms with Crippen LogP contribution < -0.4 is 10.6 Å². The molecule has 0 bridgehead atoms. The Morgan fingerprint density at radius 3 is 1.62 bits per heavy atom. The van der Waals surface area contributed by atoms with Crippen molar-refractivity contribution in [3.05, 3.63) is 155 Å². The van der Waals surface area contributed by atoms with E-state index in [4.69, 9.17) is 23.2 Å². The Morgan fingerprint density at radius 1 is 0.560 bits per heavy atom. The van der Waals surface area contributed by atoms with Crippen LogP contribution in [0.15, 0.2) is 122 Å². The van der Waals surface area contributed by atoms with Crippen LogP contribution in [0.3, 0.4) is 0 Å². The van der Waals surface area contributed by atoms with Crippen LogP contribution in [-0.2, 0) is 25.9 Å². The van der Waals surface area contributed by atoms with Gasteiger partial charge in [-0.15, -0.1) is 0 Å². The molecule has 6 aromatic rings. The van der Waals surface area contributed by atoms with Gasteiger partial charge in [-0.3, -0.25) is 0 Å². The van der Waals surface area contributed by atoms with Crippen LogP contribution in [0.2, 0.25) is 10.0 Å². The molecule has 4 heterocycles. The SMILES string of the molecule is O=C(Nc1cccc(Cl)c1)N1CCc2c(ncn2-c2ccccc2)C1.O=C(Nc1cccc(Cl)c1)N1CCc2ncn(-c3ccccc3)c2C1. The largest absolute Gasteiger partial charge is 0.322 e. The minimum absolute atomic E-state index is 0.131. The molecule has 0 fully saturated rings. The van der Waals surface area contributed by atoms with Gasteiger partial charge in [0.2, 0.25) is 0 Å². The average Bonchev–Trinajstić information content (AvgIpc) is 3.77. The van der Waals surface area contributed by atoms with Gasteiger partial charge in [0.25, 0.3) is 0 Å². The van der Waals surface area contributed by atoms with E-state index in [-0.39, 0.29) is 12.1 Å². The summed E-state index contributed by atoms with van der Waals surface area (Å²) >= 11 is 11.9. The van der Waals surface area contributed by atoms with Gasteiger partial charge in [0.05, 0.1) is 42.8 Å². The topological polar surface area (TPSA) is 100 Å². The number of hydrogen-bond donors (Lipinski definition) is 2. The smallest absolute Gasteiger partial charge is 0.318 e. The van der Waals surface area contributed by atoms with Gasteiger partial charge in [-0.2, -0.15) is 0 Å². The molecule has 8 rings (SSSR count). The number of imidazole rings is 2. The minimum Gasteiger partial charge on any atom is -0.318 e. The molecule has 0 saturated carbocycles. The molecule has 0 aliphatic carbocycles. The second-order valence-corrected chi connectivity index (χ2v) is 12.8. The Morgan fingerprint density at radius 2 is 1.06 bits per heavy atom. The van der Waals surface area contributed by atoms with Crippen LogP contribution in [0.25, 0.3) is 11.4 Å². The van der Waals surface area contributed by atoms with Crippen molar-refractivity contribution in [2.24, 2.45) is 0 Å². The zero-order valence-corrected chi connectivity index (χ0v) is 28.6. The number of aromatic nitrogens is 4. The van der Waals surface area contributed by atoms with E-state index in [1.807, 2.05) is 90.0 Å². The first-order valence-electron chi connectivity index (χ1n) is 16.3. The fraction of sp³-hybridized carbons (Fsp3) is 0.158. The summed E-state index contributed by atoms with van der Waals surface area (Å²) in [5.41, 5.74) is 7.74. The molecule has 252 valence electrons. The third-order valence-corrected chi connectivity index (χ3v) is 9.09. The van der Waals surface area contributed by atoms with Gasteiger partial charge < -0.3 is 29.6 Å². The number of rotatable bonds is 4. The first kappa shape index (κ1) is 32.9. The molecule has 12 heteroatoms. The summed E-state index contributed by atoms with van der Waals surface area (Å²) in [5, 5.41) is 6.99. The third-order valence-electron chi connectivity index (χ3n) is 8.62. The van der Waals surface area contributed by atoms with Crippen LogP contribution in [0.5, 0.6) is 0 Å². The number of hydrogen-bond acceptors (Lipinski definition) is 4. The standard InChI is InChI=1S/2C19H17ClN4O/c20-14-5-4-6-15(11-14)22-19(25)23-10-9-18-17(12-23)21-13-24(18)16-7-2-1-3-8-16;20-14-5-4-6-15(11-14)22-19(25)23-10-9-17-18(12-23)24(13-21-17)16-7-2-1-3-8-16/h2*1-8,11,13H,9-10,12H2,(H,22,25). The van der Waals surface area contributed by atoms with E-state index >= 15 is 0 Å². The molecular formula is C38H34Cl2N8O2. The van der Waals surface area contributed by atoms with Crippen LogP contribution in [-0.4, -0.2) is 54.1 Å². The molecule has 10 nitrogen and oxygen atoms in total. The molecule has 0 saturated heterocycles. The highest BCUT2D eigenvalue weighted by Gasteiger charge is 2.26. The number of benzene rings is 4. The number of urea groups is 2. The average molecular weight is 706 g/mol. The molecule has 50 heavy (non-hydrogen) atoms. The number of fused-ring (bicyclic) bond motifs is 2. The van der Waals surface area contributed by atoms with Gasteiger partial charge in [-0.1, -0.05) is 71.7 Å². The van der Waals surface area contributed by atoms with E-state index in [2.05, 4.69) is 37.3 Å². The fourth-order valence-electron chi connectivity index (χ4n) is 6.10. The van der Waals surface area contributed by atoms with Crippen LogP contribution in [0.1, 0.15) is 22.8 Å². The Kier molecular flexibility index (Phi) is 9.82. The lowest BCUT2D eigenvalue weighted by atomic mass is 10.1. The number of carbonyl (C=O) groups excluding carboxylic acids is 2. The number of nitrogens with one attached hydrogen (secondary N) is 2. The second-order valence-electron chi connectivity index (χ2n) is 11.9. The van der Waals surface area contributed by atoms with Gasteiger partial charge in [0.1, 0.15) is 0 Å². The van der Waals surface area contributed by atoms with Crippen molar-refractivity contribution in [1.82, 2.24) is 28.9 Å². The van der Waals surface area contributed by atoms with Crippen molar-refractivity contribution in [1.29, 1.82) is 0 Å². The summed E-state index contributed by atoms with van der Waals surface area (Å²) in [6.07, 6.45) is 5.18. The Hall–Kier alpha value is -5.58. The summed E-state index contributed by atoms with van der Waals surface area (Å²) in [4.78, 5) is 37.7. The van der Waals surface area contributed by atoms with Crippen molar-refractivity contribution in [2.75, 3.05) is 23.7 Å². The van der Waals surface area contributed by atoms with E-state index in [0.717, 1.165) is 47.0 Å². The Bertz CT molecular complexity index is 2120. The first-order chi connectivity index (χ1) is 24.4. The van der Waals surface area contributed by atoms with Gasteiger partial charge in [-0.25, -0.2) is 19.6 Å². The molecule has 0 unspecified atom stereocenters. The van der Waals surface area contributed by atoms with Gasteiger partial charge in [0, 0.05) is 64.4 Å². The van der Waals surface area contributed by atoms with Crippen LogP contribution >= 0.6 is 23.2 Å². The minimum atomic E-state index is -0.137. The lowest BCUT2D eigenvalue weighted by molar-refractivity contribution is 0.204. The maximum atomic E-state index is 12.6. The van der Waals surface area contributed by atoms with Crippen molar-refractivity contribution >= 4 is 46.6 Å². The fourth-order valence-corrected chi connectivity index (χ4v) is 6.48. The summed E-state index contributed by atoms with van der Waals surface area (Å²) in [6, 6.07) is 34.2. The zero-order valence-electron chi connectivity index (χ0n) is 27.0. The predicted molar refractivity (Wildman–Crippen MR) is 196 cm³/mol. The summed E-state index contributed by atoms with van der Waals surface area (Å²) in [5.74, 6) is 0. The highest BCUT2D eigenvalue weighted by atomic mass is 35.5. The summed E-state index contributed by atoms with van der Waals surface area (Å²) in [7, 11) is 0. The molecule has 2 N–H and O–H groups in total. The molecule has 2 aliphatic rings. The zero-order chi connectivity index (χ0) is 34.5. The first-order valence-corrected chi connectivity index (χ1v) is 17.0. The monoisotopic (exact) mass is 704 g/mol. The Balaban J connectivity index is 0.000000157. The van der Waals surface area contributed by atoms with E-state index in [9.17, 15) is 9.59 Å². The second kappa shape index (κ2) is 14.9. The van der Waals surface area contributed by atoms with E-state index in [0.29, 0.717) is 47.6 Å². The molecule has 4 aromatic carbocycles. The number of carbonyl (C=O) groups is 2. The molecule has 4 amide bonds. The molecule has 2 aliphatic heterocycles. The van der Waals surface area contributed by atoms with E-state index < -0.39 is 0 Å². The lowest BCUT2D eigenvalue weighted by Crippen LogP contribution is -2.39. The highest BCUT2D eigenvalue weighted by molar-refractivity contribution is 6.31. The third kappa shape index (κ3) is 7.51. The van der Waals surface area contributed by atoms with Crippen molar-refractivity contribution in [3.63, 3.8) is 0 Å². The number of nitrogens with zero attached hydrogens (tertiary/aromatic N) is 6. The maximum absolute atomic E-state index is 12.6. The lowest BCUT2D eigenvalue weighted by Gasteiger charge is -2.27. The van der Waals surface area contributed by atoms with Gasteiger partial charge >= 0.3 is 12.1 Å². The number of anilines is 2. The normalized spacial score (nSPS) is 13.4. The van der Waals surface area contributed by atoms with Crippen molar-refractivity contribution < 1.29 is 9.59 Å².